The average Bonchev–Trinajstić information content (AvgIpc) is 2.22. The van der Waals surface area contributed by atoms with Crippen molar-refractivity contribution in [1.82, 2.24) is 0 Å². The van der Waals surface area contributed by atoms with Gasteiger partial charge in [0.05, 0.1) is 0 Å². The van der Waals surface area contributed by atoms with E-state index in [1.165, 1.54) is 31.2 Å². The van der Waals surface area contributed by atoms with Crippen molar-refractivity contribution in [2.24, 2.45) is 0 Å². The number of nitrogens with zero attached hydrogens (tertiary/aromatic N) is 1. The first-order valence-electron chi connectivity index (χ1n) is 4.62. The normalized spacial score (nSPS) is 11.6. The molecule has 0 heterocycles. The molecule has 1 N–H and O–H groups in total. The summed E-state index contributed by atoms with van der Waals surface area (Å²) in [6, 6.07) is 7.05. The van der Waals surface area contributed by atoms with Gasteiger partial charge in [-0.15, -0.1) is 0 Å². The smallest absolute Gasteiger partial charge is 0.181 e. The molecule has 0 aliphatic rings. The molecule has 16 heavy (non-hydrogen) atoms. The fourth-order valence-corrected chi connectivity index (χ4v) is 1.22. The van der Waals surface area contributed by atoms with Gasteiger partial charge in [0.15, 0.2) is 5.78 Å². The van der Waals surface area contributed by atoms with E-state index in [9.17, 15) is 9.18 Å². The van der Waals surface area contributed by atoms with E-state index in [2.05, 4.69) is 0 Å². The standard InChI is InChI=1S/C12H10FNO2/c1-8(15)11(7-14)12(16)6-9-2-4-10(13)5-3-9/h2-5,15H,6H2,1H3/b11-8-. The summed E-state index contributed by atoms with van der Waals surface area (Å²) in [7, 11) is 0. The summed E-state index contributed by atoms with van der Waals surface area (Å²) in [5, 5.41) is 17.7. The number of rotatable bonds is 3. The predicted octanol–water partition coefficient (Wildman–Crippen LogP) is 2.29. The van der Waals surface area contributed by atoms with Gasteiger partial charge in [-0.25, -0.2) is 4.39 Å². The molecule has 0 aliphatic carbocycles. The number of Topliss-reactive ketones (excluding diaryl/α,β-unsaturated/α-hetero) is 1. The highest BCUT2D eigenvalue weighted by atomic mass is 19.1. The Morgan fingerprint density at radius 2 is 2.00 bits per heavy atom. The van der Waals surface area contributed by atoms with E-state index in [0.717, 1.165) is 0 Å². The monoisotopic (exact) mass is 219 g/mol. The predicted molar refractivity (Wildman–Crippen MR) is 56.1 cm³/mol. The molecule has 4 heteroatoms. The molecular formula is C12H10FNO2. The zero-order chi connectivity index (χ0) is 12.1. The maximum Gasteiger partial charge on any atom is 0.181 e. The van der Waals surface area contributed by atoms with Crippen LogP contribution in [-0.4, -0.2) is 10.9 Å². The number of nitriles is 1. The second-order valence-electron chi connectivity index (χ2n) is 3.30. The number of allylic oxidation sites excluding steroid dienone is 2. The lowest BCUT2D eigenvalue weighted by molar-refractivity contribution is -0.114. The average molecular weight is 219 g/mol. The van der Waals surface area contributed by atoms with Gasteiger partial charge in [-0.3, -0.25) is 4.79 Å². The molecule has 0 saturated carbocycles. The molecule has 3 nitrogen and oxygen atoms in total. The molecule has 0 fully saturated rings. The van der Waals surface area contributed by atoms with Crippen LogP contribution >= 0.6 is 0 Å². The van der Waals surface area contributed by atoms with Gasteiger partial charge in [-0.05, 0) is 24.6 Å². The minimum Gasteiger partial charge on any atom is -0.511 e. The highest BCUT2D eigenvalue weighted by Gasteiger charge is 2.12. The first-order valence-corrected chi connectivity index (χ1v) is 4.62. The van der Waals surface area contributed by atoms with Crippen molar-refractivity contribution in [3.05, 3.63) is 47.0 Å². The van der Waals surface area contributed by atoms with Crippen LogP contribution in [0.2, 0.25) is 0 Å². The molecule has 1 aromatic carbocycles. The molecule has 0 aliphatic heterocycles. The van der Waals surface area contributed by atoms with Gasteiger partial charge in [-0.2, -0.15) is 5.26 Å². The third kappa shape index (κ3) is 2.92. The molecule has 0 aromatic heterocycles. The zero-order valence-electron chi connectivity index (χ0n) is 8.70. The summed E-state index contributed by atoms with van der Waals surface area (Å²) < 4.78 is 12.6. The fraction of sp³-hybridized carbons (Fsp3) is 0.167. The van der Waals surface area contributed by atoms with E-state index in [-0.39, 0.29) is 23.6 Å². The van der Waals surface area contributed by atoms with E-state index in [1.807, 2.05) is 0 Å². The van der Waals surface area contributed by atoms with Crippen molar-refractivity contribution in [3.63, 3.8) is 0 Å². The van der Waals surface area contributed by atoms with E-state index in [0.29, 0.717) is 5.56 Å². The highest BCUT2D eigenvalue weighted by Crippen LogP contribution is 2.09. The Bertz CT molecular complexity index is 465. The summed E-state index contributed by atoms with van der Waals surface area (Å²) in [6.45, 7) is 1.28. The van der Waals surface area contributed by atoms with Gasteiger partial charge in [-0.1, -0.05) is 12.1 Å². The lowest BCUT2D eigenvalue weighted by Gasteiger charge is -2.00. The van der Waals surface area contributed by atoms with Crippen molar-refractivity contribution in [2.75, 3.05) is 0 Å². The summed E-state index contributed by atoms with van der Waals surface area (Å²) in [4.78, 5) is 11.5. The Labute approximate surface area is 92.4 Å². The fourth-order valence-electron chi connectivity index (χ4n) is 1.22. The van der Waals surface area contributed by atoms with Crippen LogP contribution in [0, 0.1) is 17.1 Å². The van der Waals surface area contributed by atoms with Crippen LogP contribution in [0.15, 0.2) is 35.6 Å². The van der Waals surface area contributed by atoms with Crippen LogP contribution in [-0.2, 0) is 11.2 Å². The van der Waals surface area contributed by atoms with Gasteiger partial charge >= 0.3 is 0 Å². The molecule has 0 amide bonds. The molecule has 0 bridgehead atoms. The SMILES string of the molecule is C/C(O)=C(\C#N)C(=O)Cc1ccc(F)cc1. The number of hydrogen-bond donors (Lipinski definition) is 1. The minimum absolute atomic E-state index is 0.0267. The van der Waals surface area contributed by atoms with Crippen molar-refractivity contribution in [1.29, 1.82) is 5.26 Å². The molecule has 0 atom stereocenters. The summed E-state index contributed by atoms with van der Waals surface area (Å²) in [6.07, 6.45) is -0.0267. The molecule has 0 unspecified atom stereocenters. The number of aliphatic hydroxyl groups excluding tert-OH is 1. The van der Waals surface area contributed by atoms with Gasteiger partial charge in [0, 0.05) is 6.42 Å². The Kier molecular flexibility index (Phi) is 3.78. The Morgan fingerprint density at radius 3 is 2.44 bits per heavy atom. The second-order valence-corrected chi connectivity index (χ2v) is 3.30. The molecule has 82 valence electrons. The van der Waals surface area contributed by atoms with Crippen molar-refractivity contribution < 1.29 is 14.3 Å². The third-order valence-electron chi connectivity index (χ3n) is 2.03. The molecule has 0 radical (unpaired) electrons. The van der Waals surface area contributed by atoms with Gasteiger partial charge < -0.3 is 5.11 Å². The van der Waals surface area contributed by atoms with E-state index < -0.39 is 5.78 Å². The topological polar surface area (TPSA) is 61.1 Å². The molecule has 0 saturated heterocycles. The largest absolute Gasteiger partial charge is 0.511 e. The first-order chi connectivity index (χ1) is 7.54. The maximum atomic E-state index is 12.6. The van der Waals surface area contributed by atoms with Crippen molar-refractivity contribution in [2.45, 2.75) is 13.3 Å². The quantitative estimate of drug-likeness (QED) is 0.482. The number of hydrogen-bond acceptors (Lipinski definition) is 3. The number of aliphatic hydroxyl groups is 1. The van der Waals surface area contributed by atoms with Crippen LogP contribution in [0.25, 0.3) is 0 Å². The Balaban J connectivity index is 2.84. The van der Waals surface area contributed by atoms with Crippen LogP contribution in [0.5, 0.6) is 0 Å². The van der Waals surface area contributed by atoms with Crippen LogP contribution in [0.1, 0.15) is 12.5 Å². The summed E-state index contributed by atoms with van der Waals surface area (Å²) >= 11 is 0. The van der Waals surface area contributed by atoms with Crippen LogP contribution < -0.4 is 0 Å². The highest BCUT2D eigenvalue weighted by molar-refractivity contribution is 6.00. The molecule has 1 aromatic rings. The number of benzene rings is 1. The van der Waals surface area contributed by atoms with Crippen LogP contribution in [0.3, 0.4) is 0 Å². The molecular weight excluding hydrogens is 209 g/mol. The van der Waals surface area contributed by atoms with Gasteiger partial charge in [0.2, 0.25) is 0 Å². The lowest BCUT2D eigenvalue weighted by Crippen LogP contribution is -2.07. The number of halogens is 1. The third-order valence-corrected chi connectivity index (χ3v) is 2.03. The Morgan fingerprint density at radius 1 is 1.44 bits per heavy atom. The van der Waals surface area contributed by atoms with Gasteiger partial charge in [0.25, 0.3) is 0 Å². The van der Waals surface area contributed by atoms with Crippen molar-refractivity contribution in [3.8, 4) is 6.07 Å². The number of ketones is 1. The minimum atomic E-state index is -0.478. The maximum absolute atomic E-state index is 12.6. The molecule has 0 spiro atoms. The van der Waals surface area contributed by atoms with Crippen molar-refractivity contribution >= 4 is 5.78 Å². The van der Waals surface area contributed by atoms with E-state index in [1.54, 1.807) is 6.07 Å². The Hall–Kier alpha value is -2.15. The van der Waals surface area contributed by atoms with E-state index in [4.69, 9.17) is 10.4 Å². The summed E-state index contributed by atoms with van der Waals surface area (Å²) in [5.74, 6) is -1.16. The van der Waals surface area contributed by atoms with Gasteiger partial charge in [0.1, 0.15) is 23.2 Å². The number of carbonyl (C=O) groups is 1. The first kappa shape index (κ1) is 11.9. The summed E-state index contributed by atoms with van der Waals surface area (Å²) in [5.41, 5.74) is 0.338. The second kappa shape index (κ2) is 5.08. The molecule has 1 rings (SSSR count). The lowest BCUT2D eigenvalue weighted by atomic mass is 10.0. The number of carbonyl (C=O) groups excluding carboxylic acids is 1. The van der Waals surface area contributed by atoms with E-state index >= 15 is 0 Å². The zero-order valence-corrected chi connectivity index (χ0v) is 8.70. The van der Waals surface area contributed by atoms with Crippen LogP contribution in [0.4, 0.5) is 4.39 Å².